The van der Waals surface area contributed by atoms with Crippen molar-refractivity contribution in [3.63, 3.8) is 0 Å². The zero-order chi connectivity index (χ0) is 20.8. The van der Waals surface area contributed by atoms with Gasteiger partial charge in [-0.3, -0.25) is 0 Å². The molecular formula is C22H20Cl3NO3. The average molecular weight is 453 g/mol. The Morgan fingerprint density at radius 2 is 1.59 bits per heavy atom. The first-order valence-corrected chi connectivity index (χ1v) is 9.95. The first kappa shape index (κ1) is 21.4. The van der Waals surface area contributed by atoms with E-state index in [1.807, 2.05) is 42.5 Å². The molecule has 0 aliphatic carbocycles. The van der Waals surface area contributed by atoms with Crippen molar-refractivity contribution in [2.24, 2.45) is 0 Å². The lowest BCUT2D eigenvalue weighted by Gasteiger charge is -2.16. The fourth-order valence-corrected chi connectivity index (χ4v) is 3.36. The molecular weight excluding hydrogens is 433 g/mol. The maximum Gasteiger partial charge on any atom is 0.166 e. The summed E-state index contributed by atoms with van der Waals surface area (Å²) in [6.45, 7) is 0.856. The fourth-order valence-electron chi connectivity index (χ4n) is 2.78. The SMILES string of the molecule is COc1ccc(NCc2cccc(OC)c2OCc2ccc(Cl)c(Cl)c2)cc1Cl. The van der Waals surface area contributed by atoms with Gasteiger partial charge in [0.05, 0.1) is 29.3 Å². The van der Waals surface area contributed by atoms with Crippen LogP contribution in [0.25, 0.3) is 0 Å². The van der Waals surface area contributed by atoms with Gasteiger partial charge in [-0.25, -0.2) is 0 Å². The van der Waals surface area contributed by atoms with Crippen molar-refractivity contribution in [1.29, 1.82) is 0 Å². The van der Waals surface area contributed by atoms with E-state index in [-0.39, 0.29) is 0 Å². The molecule has 4 nitrogen and oxygen atoms in total. The number of para-hydroxylation sites is 1. The van der Waals surface area contributed by atoms with E-state index in [4.69, 9.17) is 49.0 Å². The molecule has 0 unspecified atom stereocenters. The van der Waals surface area contributed by atoms with Gasteiger partial charge in [0.25, 0.3) is 0 Å². The first-order valence-electron chi connectivity index (χ1n) is 8.82. The normalized spacial score (nSPS) is 10.5. The molecule has 0 aliphatic heterocycles. The van der Waals surface area contributed by atoms with Gasteiger partial charge in [-0.1, -0.05) is 53.0 Å². The van der Waals surface area contributed by atoms with Crippen molar-refractivity contribution in [3.8, 4) is 17.2 Å². The predicted octanol–water partition coefficient (Wildman–Crippen LogP) is 6.86. The molecule has 0 atom stereocenters. The van der Waals surface area contributed by atoms with Gasteiger partial charge in [-0.15, -0.1) is 0 Å². The first-order chi connectivity index (χ1) is 14.0. The van der Waals surface area contributed by atoms with E-state index in [0.29, 0.717) is 45.5 Å². The van der Waals surface area contributed by atoms with E-state index in [9.17, 15) is 0 Å². The molecule has 152 valence electrons. The molecule has 0 aliphatic rings. The van der Waals surface area contributed by atoms with E-state index in [2.05, 4.69) is 5.32 Å². The molecule has 0 heterocycles. The number of hydrogen-bond donors (Lipinski definition) is 1. The van der Waals surface area contributed by atoms with Crippen LogP contribution in [0.15, 0.2) is 54.6 Å². The van der Waals surface area contributed by atoms with Crippen LogP contribution in [-0.2, 0) is 13.2 Å². The monoisotopic (exact) mass is 451 g/mol. The Balaban J connectivity index is 1.76. The Kier molecular flexibility index (Phi) is 7.37. The largest absolute Gasteiger partial charge is 0.495 e. The number of halogens is 3. The number of methoxy groups -OCH3 is 2. The summed E-state index contributed by atoms with van der Waals surface area (Å²) in [5.41, 5.74) is 2.72. The zero-order valence-corrected chi connectivity index (χ0v) is 18.2. The van der Waals surface area contributed by atoms with Crippen LogP contribution in [0.5, 0.6) is 17.2 Å². The number of anilines is 1. The summed E-state index contributed by atoms with van der Waals surface area (Å²) in [4.78, 5) is 0. The summed E-state index contributed by atoms with van der Waals surface area (Å²) in [6.07, 6.45) is 0. The summed E-state index contributed by atoms with van der Waals surface area (Å²) in [7, 11) is 3.20. The average Bonchev–Trinajstić information content (AvgIpc) is 2.73. The molecule has 0 amide bonds. The lowest BCUT2D eigenvalue weighted by molar-refractivity contribution is 0.281. The van der Waals surface area contributed by atoms with Gasteiger partial charge in [0.2, 0.25) is 0 Å². The van der Waals surface area contributed by atoms with Crippen LogP contribution in [0.3, 0.4) is 0 Å². The van der Waals surface area contributed by atoms with E-state index in [1.165, 1.54) is 0 Å². The fraction of sp³-hybridized carbons (Fsp3) is 0.182. The second-order valence-corrected chi connectivity index (χ2v) is 7.41. The Morgan fingerprint density at radius 1 is 0.793 bits per heavy atom. The van der Waals surface area contributed by atoms with Gasteiger partial charge in [0.1, 0.15) is 12.4 Å². The summed E-state index contributed by atoms with van der Waals surface area (Å²) in [5, 5.41) is 4.89. The quantitative estimate of drug-likeness (QED) is 0.405. The predicted molar refractivity (Wildman–Crippen MR) is 119 cm³/mol. The number of nitrogens with one attached hydrogen (secondary N) is 1. The van der Waals surface area contributed by atoms with E-state index in [0.717, 1.165) is 16.8 Å². The van der Waals surface area contributed by atoms with Crippen molar-refractivity contribution in [3.05, 3.63) is 80.8 Å². The van der Waals surface area contributed by atoms with Crippen LogP contribution in [0.2, 0.25) is 15.1 Å². The minimum Gasteiger partial charge on any atom is -0.495 e. The molecule has 29 heavy (non-hydrogen) atoms. The molecule has 0 aromatic heterocycles. The number of ether oxygens (including phenoxy) is 3. The molecule has 3 rings (SSSR count). The summed E-state index contributed by atoms with van der Waals surface area (Å²) < 4.78 is 16.7. The zero-order valence-electron chi connectivity index (χ0n) is 16.0. The van der Waals surface area contributed by atoms with Crippen molar-refractivity contribution >= 4 is 40.5 Å². The molecule has 0 radical (unpaired) electrons. The van der Waals surface area contributed by atoms with Crippen LogP contribution in [0, 0.1) is 0 Å². The Labute approximate surface area is 185 Å². The van der Waals surface area contributed by atoms with Crippen molar-refractivity contribution in [2.45, 2.75) is 13.2 Å². The number of benzene rings is 3. The Morgan fingerprint density at radius 3 is 2.28 bits per heavy atom. The summed E-state index contributed by atoms with van der Waals surface area (Å²) >= 11 is 18.3. The third-order valence-electron chi connectivity index (χ3n) is 4.28. The second-order valence-electron chi connectivity index (χ2n) is 6.19. The lowest BCUT2D eigenvalue weighted by atomic mass is 10.1. The second kappa shape index (κ2) is 9.97. The molecule has 3 aromatic carbocycles. The molecule has 0 saturated heterocycles. The summed E-state index contributed by atoms with van der Waals surface area (Å²) in [5.74, 6) is 1.94. The Hall–Kier alpha value is -2.27. The van der Waals surface area contributed by atoms with Gasteiger partial charge in [0.15, 0.2) is 11.5 Å². The highest BCUT2D eigenvalue weighted by molar-refractivity contribution is 6.42. The van der Waals surface area contributed by atoms with Crippen molar-refractivity contribution in [1.82, 2.24) is 0 Å². The van der Waals surface area contributed by atoms with Gasteiger partial charge >= 0.3 is 0 Å². The third kappa shape index (κ3) is 5.41. The van der Waals surface area contributed by atoms with Crippen molar-refractivity contribution < 1.29 is 14.2 Å². The molecule has 3 aromatic rings. The van der Waals surface area contributed by atoms with Gasteiger partial charge < -0.3 is 19.5 Å². The number of rotatable bonds is 8. The van der Waals surface area contributed by atoms with Crippen LogP contribution < -0.4 is 19.5 Å². The minimum absolute atomic E-state index is 0.332. The van der Waals surface area contributed by atoms with Crippen LogP contribution in [0.1, 0.15) is 11.1 Å². The third-order valence-corrected chi connectivity index (χ3v) is 5.32. The molecule has 7 heteroatoms. The molecule has 0 fully saturated rings. The van der Waals surface area contributed by atoms with Crippen LogP contribution in [-0.4, -0.2) is 14.2 Å². The molecule has 0 spiro atoms. The topological polar surface area (TPSA) is 39.7 Å². The maximum absolute atomic E-state index is 6.20. The molecule has 0 saturated carbocycles. The highest BCUT2D eigenvalue weighted by atomic mass is 35.5. The van der Waals surface area contributed by atoms with Crippen LogP contribution in [0.4, 0.5) is 5.69 Å². The lowest BCUT2D eigenvalue weighted by Crippen LogP contribution is -2.05. The summed E-state index contributed by atoms with van der Waals surface area (Å²) in [6, 6.07) is 16.7. The highest BCUT2D eigenvalue weighted by Gasteiger charge is 2.12. The molecule has 0 bridgehead atoms. The maximum atomic E-state index is 6.20. The standard InChI is InChI=1S/C22H20Cl3NO3/c1-27-20-9-7-16(11-19(20)25)26-12-15-4-3-5-21(28-2)22(15)29-13-14-6-8-17(23)18(24)10-14/h3-11,26H,12-13H2,1-2H3. The Bertz CT molecular complexity index is 995. The van der Waals surface area contributed by atoms with Gasteiger partial charge in [0, 0.05) is 17.8 Å². The number of hydrogen-bond acceptors (Lipinski definition) is 4. The smallest absolute Gasteiger partial charge is 0.166 e. The van der Waals surface area contributed by atoms with Crippen LogP contribution >= 0.6 is 34.8 Å². The van der Waals surface area contributed by atoms with E-state index < -0.39 is 0 Å². The van der Waals surface area contributed by atoms with Gasteiger partial charge in [-0.05, 0) is 42.0 Å². The molecule has 1 N–H and O–H groups in total. The van der Waals surface area contributed by atoms with E-state index in [1.54, 1.807) is 26.4 Å². The van der Waals surface area contributed by atoms with Gasteiger partial charge in [-0.2, -0.15) is 0 Å². The highest BCUT2D eigenvalue weighted by Crippen LogP contribution is 2.33. The van der Waals surface area contributed by atoms with Crippen molar-refractivity contribution in [2.75, 3.05) is 19.5 Å². The van der Waals surface area contributed by atoms with E-state index >= 15 is 0 Å². The minimum atomic E-state index is 0.332.